The van der Waals surface area contributed by atoms with Crippen LogP contribution in [0.4, 0.5) is 4.39 Å². The predicted molar refractivity (Wildman–Crippen MR) is 39.2 cm³/mol. The van der Waals surface area contributed by atoms with Crippen LogP contribution >= 0.6 is 0 Å². The van der Waals surface area contributed by atoms with Gasteiger partial charge in [-0.05, 0) is 7.05 Å². The van der Waals surface area contributed by atoms with Crippen LogP contribution in [0.1, 0.15) is 5.82 Å². The van der Waals surface area contributed by atoms with Crippen molar-refractivity contribution in [3.63, 3.8) is 0 Å². The summed E-state index contributed by atoms with van der Waals surface area (Å²) in [6.45, 7) is 0.267. The number of nitrogens with one attached hydrogen (secondary N) is 2. The van der Waals surface area contributed by atoms with Crippen molar-refractivity contribution in [2.24, 2.45) is 0 Å². The molecule has 0 unspecified atom stereocenters. The third-order valence-corrected chi connectivity index (χ3v) is 1.24. The van der Waals surface area contributed by atoms with Crippen LogP contribution in [0.15, 0.2) is 4.79 Å². The Morgan fingerprint density at radius 2 is 2.42 bits per heavy atom. The molecule has 0 spiro atoms. The molecule has 6 heteroatoms. The van der Waals surface area contributed by atoms with Gasteiger partial charge in [0.15, 0.2) is 0 Å². The first-order valence-corrected chi connectivity index (χ1v) is 3.27. The van der Waals surface area contributed by atoms with E-state index >= 15 is 0 Å². The Balaban J connectivity index is 3.13. The Morgan fingerprint density at radius 1 is 1.75 bits per heavy atom. The molecule has 0 amide bonds. The van der Waals surface area contributed by atoms with E-state index in [9.17, 15) is 9.18 Å². The zero-order chi connectivity index (χ0) is 9.14. The van der Waals surface area contributed by atoms with Crippen molar-refractivity contribution < 1.29 is 9.50 Å². The van der Waals surface area contributed by atoms with Crippen LogP contribution in [0.2, 0.25) is 0 Å². The van der Waals surface area contributed by atoms with Crippen molar-refractivity contribution in [3.8, 4) is 5.88 Å². The van der Waals surface area contributed by atoms with E-state index in [1.807, 2.05) is 0 Å². The summed E-state index contributed by atoms with van der Waals surface area (Å²) in [7, 11) is 1.64. The minimum atomic E-state index is -1.25. The number of aromatic amines is 1. The number of halogens is 1. The molecule has 0 saturated heterocycles. The standard InChI is InChI=1S/C6H8FN3O2/c1-8-2-3-9-5(11)4(7)6(12)10-3/h8H,2H2,1H3,(H2,9,10,11,12). The third kappa shape index (κ3) is 1.59. The molecule has 0 atom stereocenters. The molecule has 1 aromatic rings. The Morgan fingerprint density at radius 3 is 2.92 bits per heavy atom. The van der Waals surface area contributed by atoms with Crippen molar-refractivity contribution in [3.05, 3.63) is 22.0 Å². The molecule has 0 bridgehead atoms. The highest BCUT2D eigenvalue weighted by atomic mass is 19.1. The van der Waals surface area contributed by atoms with E-state index in [1.54, 1.807) is 7.05 Å². The molecule has 0 radical (unpaired) electrons. The van der Waals surface area contributed by atoms with E-state index in [1.165, 1.54) is 0 Å². The largest absolute Gasteiger partial charge is 0.491 e. The summed E-state index contributed by atoms with van der Waals surface area (Å²) < 4.78 is 12.5. The summed E-state index contributed by atoms with van der Waals surface area (Å²) in [6, 6.07) is 0. The second-order valence-electron chi connectivity index (χ2n) is 2.18. The fourth-order valence-corrected chi connectivity index (χ4v) is 0.744. The molecule has 1 rings (SSSR count). The van der Waals surface area contributed by atoms with Gasteiger partial charge in [-0.15, -0.1) is 0 Å². The molecule has 0 saturated carbocycles. The van der Waals surface area contributed by atoms with Crippen LogP contribution in [0.5, 0.6) is 5.88 Å². The maximum Gasteiger partial charge on any atom is 0.291 e. The van der Waals surface area contributed by atoms with Crippen molar-refractivity contribution >= 4 is 0 Å². The molecule has 5 nitrogen and oxygen atoms in total. The first-order chi connectivity index (χ1) is 5.65. The zero-order valence-electron chi connectivity index (χ0n) is 6.39. The van der Waals surface area contributed by atoms with Crippen LogP contribution in [-0.2, 0) is 6.54 Å². The highest BCUT2D eigenvalue weighted by molar-refractivity contribution is 5.09. The average molecular weight is 173 g/mol. The van der Waals surface area contributed by atoms with Gasteiger partial charge in [0.05, 0.1) is 6.54 Å². The normalized spacial score (nSPS) is 10.2. The Hall–Kier alpha value is -1.43. The monoisotopic (exact) mass is 173 g/mol. The lowest BCUT2D eigenvalue weighted by molar-refractivity contribution is 0.400. The van der Waals surface area contributed by atoms with E-state index in [0.29, 0.717) is 0 Å². The van der Waals surface area contributed by atoms with Crippen molar-refractivity contribution in [1.29, 1.82) is 0 Å². The molecule has 0 aliphatic heterocycles. The minimum Gasteiger partial charge on any atom is -0.491 e. The number of nitrogens with zero attached hydrogens (tertiary/aromatic N) is 1. The highest BCUT2D eigenvalue weighted by Gasteiger charge is 2.08. The van der Waals surface area contributed by atoms with Crippen LogP contribution in [-0.4, -0.2) is 22.1 Å². The van der Waals surface area contributed by atoms with Gasteiger partial charge >= 0.3 is 0 Å². The maximum absolute atomic E-state index is 12.5. The first-order valence-electron chi connectivity index (χ1n) is 3.27. The smallest absolute Gasteiger partial charge is 0.291 e. The van der Waals surface area contributed by atoms with E-state index in [-0.39, 0.29) is 12.4 Å². The van der Waals surface area contributed by atoms with Crippen molar-refractivity contribution in [2.45, 2.75) is 6.54 Å². The van der Waals surface area contributed by atoms with Crippen LogP contribution in [0.3, 0.4) is 0 Å². The number of aromatic nitrogens is 2. The summed E-state index contributed by atoms with van der Waals surface area (Å²) in [4.78, 5) is 16.2. The summed E-state index contributed by atoms with van der Waals surface area (Å²) >= 11 is 0. The van der Waals surface area contributed by atoms with Gasteiger partial charge in [-0.25, -0.2) is 0 Å². The molecule has 3 N–H and O–H groups in total. The quantitative estimate of drug-likeness (QED) is 0.554. The second kappa shape index (κ2) is 3.31. The Bertz CT molecular complexity index is 336. The number of rotatable bonds is 2. The number of aromatic hydroxyl groups is 1. The van der Waals surface area contributed by atoms with Gasteiger partial charge in [0.1, 0.15) is 5.82 Å². The number of hydrogen-bond acceptors (Lipinski definition) is 4. The van der Waals surface area contributed by atoms with Gasteiger partial charge in [0, 0.05) is 0 Å². The topological polar surface area (TPSA) is 78.0 Å². The molecule has 12 heavy (non-hydrogen) atoms. The van der Waals surface area contributed by atoms with Crippen molar-refractivity contribution in [2.75, 3.05) is 7.05 Å². The van der Waals surface area contributed by atoms with E-state index in [2.05, 4.69) is 15.3 Å². The second-order valence-corrected chi connectivity index (χ2v) is 2.18. The van der Waals surface area contributed by atoms with Gasteiger partial charge in [0.25, 0.3) is 11.4 Å². The van der Waals surface area contributed by atoms with Crippen molar-refractivity contribution in [1.82, 2.24) is 15.3 Å². The fourth-order valence-electron chi connectivity index (χ4n) is 0.744. The first kappa shape index (κ1) is 8.66. The zero-order valence-corrected chi connectivity index (χ0v) is 6.39. The molecule has 0 aromatic carbocycles. The average Bonchev–Trinajstić information content (AvgIpc) is 2.01. The molecular weight excluding hydrogens is 165 g/mol. The van der Waals surface area contributed by atoms with Gasteiger partial charge in [-0.2, -0.15) is 9.37 Å². The van der Waals surface area contributed by atoms with Gasteiger partial charge in [-0.1, -0.05) is 0 Å². The number of H-pyrrole nitrogens is 1. The van der Waals surface area contributed by atoms with E-state index < -0.39 is 17.3 Å². The Labute approximate surface area is 67.3 Å². The molecular formula is C6H8FN3O2. The predicted octanol–water partition coefficient (Wildman–Crippen LogP) is -0.666. The summed E-state index contributed by atoms with van der Waals surface area (Å²) in [6.07, 6.45) is 0. The lowest BCUT2D eigenvalue weighted by Gasteiger charge is -1.99. The summed E-state index contributed by atoms with van der Waals surface area (Å²) in [5.41, 5.74) is -0.965. The third-order valence-electron chi connectivity index (χ3n) is 1.24. The molecule has 66 valence electrons. The molecule has 0 aliphatic rings. The Kier molecular flexibility index (Phi) is 2.39. The SMILES string of the molecule is CNCc1nc(O)c(F)c(=O)[nH]1. The molecule has 0 fully saturated rings. The van der Waals surface area contributed by atoms with Crippen LogP contribution < -0.4 is 10.9 Å². The molecule has 1 aromatic heterocycles. The maximum atomic E-state index is 12.5. The van der Waals surface area contributed by atoms with Gasteiger partial charge < -0.3 is 15.4 Å². The molecule has 0 aliphatic carbocycles. The van der Waals surface area contributed by atoms with E-state index in [0.717, 1.165) is 0 Å². The number of hydrogen-bond donors (Lipinski definition) is 3. The summed E-state index contributed by atoms with van der Waals surface area (Å²) in [5.74, 6) is -1.93. The van der Waals surface area contributed by atoms with E-state index in [4.69, 9.17) is 5.11 Å². The van der Waals surface area contributed by atoms with Gasteiger partial charge in [-0.3, -0.25) is 4.79 Å². The fraction of sp³-hybridized carbons (Fsp3) is 0.333. The van der Waals surface area contributed by atoms with Crippen LogP contribution in [0, 0.1) is 5.82 Å². The van der Waals surface area contributed by atoms with Crippen LogP contribution in [0.25, 0.3) is 0 Å². The lowest BCUT2D eigenvalue weighted by Crippen LogP contribution is -2.18. The van der Waals surface area contributed by atoms with Gasteiger partial charge in [0.2, 0.25) is 5.82 Å². The summed E-state index contributed by atoms with van der Waals surface area (Å²) in [5, 5.41) is 11.5. The minimum absolute atomic E-state index is 0.196. The highest BCUT2D eigenvalue weighted by Crippen LogP contribution is 2.04. The molecule has 1 heterocycles. The lowest BCUT2D eigenvalue weighted by atomic mass is 10.5.